The van der Waals surface area contributed by atoms with Crippen molar-refractivity contribution < 1.29 is 14.3 Å². The minimum atomic E-state index is -0.532. The van der Waals surface area contributed by atoms with Crippen molar-refractivity contribution in [1.29, 1.82) is 0 Å². The van der Waals surface area contributed by atoms with E-state index in [0.29, 0.717) is 5.69 Å². The number of hydrogen-bond acceptors (Lipinski definition) is 3. The third kappa shape index (κ3) is 3.34. The molecule has 0 atom stereocenters. The highest BCUT2D eigenvalue weighted by atomic mass is 16.5. The van der Waals surface area contributed by atoms with Crippen LogP contribution in [0.2, 0.25) is 0 Å². The van der Waals surface area contributed by atoms with Crippen LogP contribution in [0, 0.1) is 0 Å². The number of para-hydroxylation sites is 1. The molecule has 5 nitrogen and oxygen atoms in total. The predicted octanol–water partition coefficient (Wildman–Crippen LogP) is 1.85. The minimum absolute atomic E-state index is 0.0271. The molecular formula is C14H16N2O3. The van der Waals surface area contributed by atoms with Crippen LogP contribution in [-0.2, 0) is 9.53 Å². The van der Waals surface area contributed by atoms with E-state index < -0.39 is 5.97 Å². The maximum Gasteiger partial charge on any atom is 0.355 e. The standard InChI is InChI=1S/C14H16N2O3/c1-9(2)15-13(17)8-19-14(18)12-7-10-5-3-4-6-11(10)16-12/h3-7,9,16H,8H2,1-2H3,(H,15,17). The number of benzene rings is 1. The van der Waals surface area contributed by atoms with Gasteiger partial charge < -0.3 is 15.0 Å². The lowest BCUT2D eigenvalue weighted by Gasteiger charge is -2.08. The summed E-state index contributed by atoms with van der Waals surface area (Å²) in [6.07, 6.45) is 0. The maximum atomic E-state index is 11.8. The Morgan fingerprint density at radius 1 is 1.32 bits per heavy atom. The first-order valence-corrected chi connectivity index (χ1v) is 6.10. The van der Waals surface area contributed by atoms with Gasteiger partial charge in [-0.2, -0.15) is 0 Å². The van der Waals surface area contributed by atoms with Gasteiger partial charge in [0, 0.05) is 16.9 Å². The molecule has 5 heteroatoms. The summed E-state index contributed by atoms with van der Waals surface area (Å²) in [4.78, 5) is 26.1. The first-order valence-electron chi connectivity index (χ1n) is 6.10. The molecule has 0 bridgehead atoms. The molecule has 2 aromatic rings. The van der Waals surface area contributed by atoms with Crippen LogP contribution in [-0.4, -0.2) is 29.5 Å². The molecule has 2 N–H and O–H groups in total. The minimum Gasteiger partial charge on any atom is -0.451 e. The van der Waals surface area contributed by atoms with Gasteiger partial charge in [-0.05, 0) is 26.0 Å². The molecule has 2 rings (SSSR count). The van der Waals surface area contributed by atoms with Crippen LogP contribution in [0.1, 0.15) is 24.3 Å². The van der Waals surface area contributed by atoms with Crippen LogP contribution in [0.15, 0.2) is 30.3 Å². The fourth-order valence-corrected chi connectivity index (χ4v) is 1.76. The number of carbonyl (C=O) groups excluding carboxylic acids is 2. The maximum absolute atomic E-state index is 11.8. The van der Waals surface area contributed by atoms with Crippen molar-refractivity contribution in [2.75, 3.05) is 6.61 Å². The van der Waals surface area contributed by atoms with Gasteiger partial charge in [-0.3, -0.25) is 4.79 Å². The van der Waals surface area contributed by atoms with E-state index >= 15 is 0 Å². The summed E-state index contributed by atoms with van der Waals surface area (Å²) in [6.45, 7) is 3.42. The number of fused-ring (bicyclic) bond motifs is 1. The second kappa shape index (κ2) is 5.56. The highest BCUT2D eigenvalue weighted by molar-refractivity contribution is 5.95. The molecule has 0 aliphatic heterocycles. The lowest BCUT2D eigenvalue weighted by atomic mass is 10.2. The molecule has 0 aliphatic rings. The Balaban J connectivity index is 1.98. The zero-order valence-corrected chi connectivity index (χ0v) is 10.9. The van der Waals surface area contributed by atoms with Crippen molar-refractivity contribution in [1.82, 2.24) is 10.3 Å². The van der Waals surface area contributed by atoms with Gasteiger partial charge in [-0.1, -0.05) is 18.2 Å². The highest BCUT2D eigenvalue weighted by Crippen LogP contribution is 2.15. The summed E-state index contributed by atoms with van der Waals surface area (Å²) in [7, 11) is 0. The Morgan fingerprint density at radius 3 is 2.74 bits per heavy atom. The van der Waals surface area contributed by atoms with Gasteiger partial charge in [-0.25, -0.2) is 4.79 Å². The Kier molecular flexibility index (Phi) is 3.85. The molecule has 0 fully saturated rings. The van der Waals surface area contributed by atoms with Gasteiger partial charge >= 0.3 is 5.97 Å². The molecule has 1 heterocycles. The van der Waals surface area contributed by atoms with Gasteiger partial charge in [0.25, 0.3) is 5.91 Å². The molecule has 0 unspecified atom stereocenters. The van der Waals surface area contributed by atoms with Gasteiger partial charge in [0.1, 0.15) is 5.69 Å². The molecule has 0 saturated heterocycles. The normalized spacial score (nSPS) is 10.7. The average molecular weight is 260 g/mol. The van der Waals surface area contributed by atoms with Gasteiger partial charge in [0.2, 0.25) is 0 Å². The summed E-state index contributed by atoms with van der Waals surface area (Å²) in [6, 6.07) is 9.27. The van der Waals surface area contributed by atoms with E-state index in [-0.39, 0.29) is 18.6 Å². The van der Waals surface area contributed by atoms with Crippen LogP contribution < -0.4 is 5.32 Å². The van der Waals surface area contributed by atoms with Crippen molar-refractivity contribution >= 4 is 22.8 Å². The first kappa shape index (κ1) is 13.1. The topological polar surface area (TPSA) is 71.2 Å². The van der Waals surface area contributed by atoms with Crippen molar-refractivity contribution in [2.45, 2.75) is 19.9 Å². The van der Waals surface area contributed by atoms with Crippen molar-refractivity contribution in [3.05, 3.63) is 36.0 Å². The lowest BCUT2D eigenvalue weighted by Crippen LogP contribution is -2.34. The van der Waals surface area contributed by atoms with Crippen LogP contribution in [0.5, 0.6) is 0 Å². The number of nitrogens with one attached hydrogen (secondary N) is 2. The molecule has 100 valence electrons. The van der Waals surface area contributed by atoms with E-state index in [0.717, 1.165) is 10.9 Å². The molecular weight excluding hydrogens is 244 g/mol. The molecule has 0 spiro atoms. The monoisotopic (exact) mass is 260 g/mol. The zero-order valence-electron chi connectivity index (χ0n) is 10.9. The summed E-state index contributed by atoms with van der Waals surface area (Å²) in [5.41, 5.74) is 1.21. The Bertz CT molecular complexity index is 569. The number of aromatic nitrogens is 1. The number of carbonyl (C=O) groups is 2. The Labute approximate surface area is 110 Å². The largest absolute Gasteiger partial charge is 0.451 e. The van der Waals surface area contributed by atoms with Crippen molar-refractivity contribution in [3.63, 3.8) is 0 Å². The summed E-state index contributed by atoms with van der Waals surface area (Å²) >= 11 is 0. The van der Waals surface area contributed by atoms with Crippen molar-refractivity contribution in [2.24, 2.45) is 0 Å². The number of amides is 1. The smallest absolute Gasteiger partial charge is 0.355 e. The van der Waals surface area contributed by atoms with Gasteiger partial charge in [0.05, 0.1) is 0 Å². The summed E-state index contributed by atoms with van der Waals surface area (Å²) < 4.78 is 4.94. The van der Waals surface area contributed by atoms with Crippen LogP contribution in [0.3, 0.4) is 0 Å². The van der Waals surface area contributed by atoms with E-state index in [1.54, 1.807) is 6.07 Å². The van der Waals surface area contributed by atoms with Crippen LogP contribution >= 0.6 is 0 Å². The number of ether oxygens (including phenoxy) is 1. The number of H-pyrrole nitrogens is 1. The SMILES string of the molecule is CC(C)NC(=O)COC(=O)c1cc2ccccc2[nH]1. The zero-order chi connectivity index (χ0) is 13.8. The first-order chi connectivity index (χ1) is 9.06. The van der Waals surface area contributed by atoms with Crippen LogP contribution in [0.4, 0.5) is 0 Å². The Morgan fingerprint density at radius 2 is 2.05 bits per heavy atom. The predicted molar refractivity (Wildman–Crippen MR) is 71.9 cm³/mol. The average Bonchev–Trinajstić information content (AvgIpc) is 2.78. The molecule has 19 heavy (non-hydrogen) atoms. The quantitative estimate of drug-likeness (QED) is 0.824. The van der Waals surface area contributed by atoms with E-state index in [9.17, 15) is 9.59 Å². The van der Waals surface area contributed by atoms with Crippen LogP contribution in [0.25, 0.3) is 10.9 Å². The molecule has 0 saturated carbocycles. The van der Waals surface area contributed by atoms with E-state index in [1.165, 1.54) is 0 Å². The molecule has 0 radical (unpaired) electrons. The molecule has 1 aromatic heterocycles. The van der Waals surface area contributed by atoms with E-state index in [4.69, 9.17) is 4.74 Å². The number of rotatable bonds is 4. The van der Waals surface area contributed by atoms with E-state index in [2.05, 4.69) is 10.3 Å². The Hall–Kier alpha value is -2.30. The number of aromatic amines is 1. The fourth-order valence-electron chi connectivity index (χ4n) is 1.76. The second-order valence-corrected chi connectivity index (χ2v) is 4.57. The van der Waals surface area contributed by atoms with E-state index in [1.807, 2.05) is 38.1 Å². The number of hydrogen-bond donors (Lipinski definition) is 2. The second-order valence-electron chi connectivity index (χ2n) is 4.57. The number of esters is 1. The summed E-state index contributed by atoms with van der Waals surface area (Å²) in [5.74, 6) is -0.838. The molecule has 1 amide bonds. The molecule has 1 aromatic carbocycles. The highest BCUT2D eigenvalue weighted by Gasteiger charge is 2.13. The van der Waals surface area contributed by atoms with Gasteiger partial charge in [0.15, 0.2) is 6.61 Å². The third-order valence-electron chi connectivity index (χ3n) is 2.53. The fraction of sp³-hybridized carbons (Fsp3) is 0.286. The summed E-state index contributed by atoms with van der Waals surface area (Å²) in [5, 5.41) is 3.58. The third-order valence-corrected chi connectivity index (χ3v) is 2.53. The molecule has 0 aliphatic carbocycles. The lowest BCUT2D eigenvalue weighted by molar-refractivity contribution is -0.124. The van der Waals surface area contributed by atoms with Crippen molar-refractivity contribution in [3.8, 4) is 0 Å². The van der Waals surface area contributed by atoms with Gasteiger partial charge in [-0.15, -0.1) is 0 Å².